The van der Waals surface area contributed by atoms with Crippen LogP contribution in [0.1, 0.15) is 20.3 Å². The van der Waals surface area contributed by atoms with Crippen LogP contribution in [0.25, 0.3) is 0 Å². The highest BCUT2D eigenvalue weighted by Gasteiger charge is 2.23. The quantitative estimate of drug-likeness (QED) is 0.909. The van der Waals surface area contributed by atoms with Crippen molar-refractivity contribution < 1.29 is 4.39 Å². The molecular weight excluding hydrogens is 286 g/mol. The summed E-state index contributed by atoms with van der Waals surface area (Å²) in [5, 5.41) is 4.27. The molecule has 0 aromatic heterocycles. The van der Waals surface area contributed by atoms with Crippen molar-refractivity contribution in [2.45, 2.75) is 26.3 Å². The van der Waals surface area contributed by atoms with Gasteiger partial charge in [0.1, 0.15) is 5.82 Å². The zero-order valence-electron chi connectivity index (χ0n) is 11.2. The predicted molar refractivity (Wildman–Crippen MR) is 79.9 cm³/mol. The second-order valence-electron chi connectivity index (χ2n) is 5.44. The van der Waals surface area contributed by atoms with Crippen LogP contribution in [0.15, 0.2) is 12.1 Å². The molecule has 5 heteroatoms. The highest BCUT2D eigenvalue weighted by atomic mass is 35.5. The van der Waals surface area contributed by atoms with E-state index >= 15 is 0 Å². The van der Waals surface area contributed by atoms with Crippen LogP contribution >= 0.6 is 23.2 Å². The molecule has 1 saturated heterocycles. The van der Waals surface area contributed by atoms with Crippen LogP contribution in [0.4, 0.5) is 10.1 Å². The molecule has 1 aromatic carbocycles. The van der Waals surface area contributed by atoms with Crippen molar-refractivity contribution >= 4 is 28.9 Å². The molecule has 1 heterocycles. The molecule has 1 aliphatic rings. The summed E-state index contributed by atoms with van der Waals surface area (Å²) in [6.07, 6.45) is 1.10. The number of piperazine rings is 1. The van der Waals surface area contributed by atoms with Gasteiger partial charge < -0.3 is 10.2 Å². The fourth-order valence-corrected chi connectivity index (χ4v) is 3.29. The van der Waals surface area contributed by atoms with E-state index in [9.17, 15) is 4.39 Å². The maximum absolute atomic E-state index is 13.2. The molecule has 1 aliphatic heterocycles. The minimum Gasteiger partial charge on any atom is -0.366 e. The van der Waals surface area contributed by atoms with Gasteiger partial charge in [-0.1, -0.05) is 37.0 Å². The number of nitrogens with zero attached hydrogens (tertiary/aromatic N) is 1. The molecular formula is C14H19Cl2FN2. The monoisotopic (exact) mass is 304 g/mol. The number of hydrogen-bond acceptors (Lipinski definition) is 2. The topological polar surface area (TPSA) is 15.3 Å². The molecule has 0 aliphatic carbocycles. The van der Waals surface area contributed by atoms with Gasteiger partial charge in [0.2, 0.25) is 0 Å². The highest BCUT2D eigenvalue weighted by molar-refractivity contribution is 6.39. The lowest BCUT2D eigenvalue weighted by molar-refractivity contribution is 0.388. The SMILES string of the molecule is CC(C)CC1CN(c2c(Cl)cc(F)cc2Cl)CCN1. The van der Waals surface area contributed by atoms with Gasteiger partial charge in [0.25, 0.3) is 0 Å². The molecule has 0 radical (unpaired) electrons. The third-order valence-corrected chi connectivity index (χ3v) is 3.89. The summed E-state index contributed by atoms with van der Waals surface area (Å²) in [5.41, 5.74) is 0.750. The van der Waals surface area contributed by atoms with Gasteiger partial charge >= 0.3 is 0 Å². The van der Waals surface area contributed by atoms with Crippen LogP contribution in [0.5, 0.6) is 0 Å². The van der Waals surface area contributed by atoms with Gasteiger partial charge in [-0.05, 0) is 24.5 Å². The molecule has 0 amide bonds. The van der Waals surface area contributed by atoms with E-state index in [2.05, 4.69) is 24.1 Å². The highest BCUT2D eigenvalue weighted by Crippen LogP contribution is 2.35. The third-order valence-electron chi connectivity index (χ3n) is 3.31. The molecule has 1 N–H and O–H groups in total. The van der Waals surface area contributed by atoms with Crippen LogP contribution < -0.4 is 10.2 Å². The Bertz CT molecular complexity index is 428. The number of hydrogen-bond donors (Lipinski definition) is 1. The van der Waals surface area contributed by atoms with Crippen molar-refractivity contribution in [3.63, 3.8) is 0 Å². The molecule has 0 spiro atoms. The Morgan fingerprint density at radius 2 is 2.00 bits per heavy atom. The first-order valence-electron chi connectivity index (χ1n) is 6.60. The van der Waals surface area contributed by atoms with E-state index < -0.39 is 5.82 Å². The molecule has 2 rings (SSSR count). The number of halogens is 3. The van der Waals surface area contributed by atoms with E-state index in [0.29, 0.717) is 22.0 Å². The van der Waals surface area contributed by atoms with E-state index in [4.69, 9.17) is 23.2 Å². The maximum atomic E-state index is 13.2. The fraction of sp³-hybridized carbons (Fsp3) is 0.571. The summed E-state index contributed by atoms with van der Waals surface area (Å²) in [7, 11) is 0. The molecule has 1 unspecified atom stereocenters. The summed E-state index contributed by atoms with van der Waals surface area (Å²) < 4.78 is 13.2. The van der Waals surface area contributed by atoms with Crippen molar-refractivity contribution in [1.29, 1.82) is 0 Å². The zero-order valence-corrected chi connectivity index (χ0v) is 12.7. The largest absolute Gasteiger partial charge is 0.366 e. The van der Waals surface area contributed by atoms with Crippen molar-refractivity contribution in [2.75, 3.05) is 24.5 Å². The Labute approximate surface area is 123 Å². The Hall–Kier alpha value is -0.510. The summed E-state index contributed by atoms with van der Waals surface area (Å²) in [5.74, 6) is 0.240. The minimum absolute atomic E-state index is 0.384. The molecule has 1 aromatic rings. The predicted octanol–water partition coefficient (Wildman–Crippen LogP) is 3.96. The van der Waals surface area contributed by atoms with Crippen LogP contribution in [-0.4, -0.2) is 25.7 Å². The molecule has 1 fully saturated rings. The van der Waals surface area contributed by atoms with Crippen molar-refractivity contribution in [1.82, 2.24) is 5.32 Å². The third kappa shape index (κ3) is 3.74. The van der Waals surface area contributed by atoms with Crippen LogP contribution in [0.3, 0.4) is 0 Å². The average molecular weight is 305 g/mol. The molecule has 1 atom stereocenters. The molecule has 0 saturated carbocycles. The van der Waals surface area contributed by atoms with Gasteiger partial charge in [-0.3, -0.25) is 0 Å². The normalized spacial score (nSPS) is 20.1. The van der Waals surface area contributed by atoms with Gasteiger partial charge in [0.05, 0.1) is 15.7 Å². The summed E-state index contributed by atoms with van der Waals surface area (Å²) >= 11 is 12.3. The lowest BCUT2D eigenvalue weighted by Crippen LogP contribution is -2.51. The number of anilines is 1. The average Bonchev–Trinajstić information content (AvgIpc) is 2.26. The van der Waals surface area contributed by atoms with Gasteiger partial charge in [-0.2, -0.15) is 0 Å². The lowest BCUT2D eigenvalue weighted by atomic mass is 10.0. The minimum atomic E-state index is -0.396. The lowest BCUT2D eigenvalue weighted by Gasteiger charge is -2.36. The zero-order chi connectivity index (χ0) is 14.0. The summed E-state index contributed by atoms with van der Waals surface area (Å²) in [6.45, 7) is 6.99. The van der Waals surface area contributed by atoms with Crippen molar-refractivity contribution in [2.24, 2.45) is 5.92 Å². The van der Waals surface area contributed by atoms with E-state index in [0.717, 1.165) is 31.7 Å². The van der Waals surface area contributed by atoms with E-state index in [1.165, 1.54) is 12.1 Å². The van der Waals surface area contributed by atoms with Crippen LogP contribution in [-0.2, 0) is 0 Å². The number of nitrogens with one attached hydrogen (secondary N) is 1. The fourth-order valence-electron chi connectivity index (χ4n) is 2.59. The number of rotatable bonds is 3. The summed E-state index contributed by atoms with van der Waals surface area (Å²) in [4.78, 5) is 2.15. The van der Waals surface area contributed by atoms with Gasteiger partial charge in [-0.15, -0.1) is 0 Å². The maximum Gasteiger partial charge on any atom is 0.126 e. The molecule has 106 valence electrons. The van der Waals surface area contributed by atoms with Gasteiger partial charge in [-0.25, -0.2) is 4.39 Å². The Kier molecular flexibility index (Phi) is 4.93. The Morgan fingerprint density at radius 1 is 1.37 bits per heavy atom. The van der Waals surface area contributed by atoms with Crippen LogP contribution in [0.2, 0.25) is 10.0 Å². The first-order valence-corrected chi connectivity index (χ1v) is 7.36. The standard InChI is InChI=1S/C14H19Cl2FN2/c1-9(2)5-11-8-19(4-3-18-11)14-12(15)6-10(17)7-13(14)16/h6-7,9,11,18H,3-5,8H2,1-2H3. The van der Waals surface area contributed by atoms with Crippen LogP contribution in [0, 0.1) is 11.7 Å². The molecule has 19 heavy (non-hydrogen) atoms. The second kappa shape index (κ2) is 6.29. The second-order valence-corrected chi connectivity index (χ2v) is 6.26. The Balaban J connectivity index is 2.17. The first-order chi connectivity index (χ1) is 8.97. The first kappa shape index (κ1) is 14.9. The van der Waals surface area contributed by atoms with E-state index in [-0.39, 0.29) is 0 Å². The van der Waals surface area contributed by atoms with E-state index in [1.54, 1.807) is 0 Å². The van der Waals surface area contributed by atoms with Gasteiger partial charge in [0, 0.05) is 25.7 Å². The van der Waals surface area contributed by atoms with Crippen molar-refractivity contribution in [3.8, 4) is 0 Å². The molecule has 0 bridgehead atoms. The van der Waals surface area contributed by atoms with Crippen molar-refractivity contribution in [3.05, 3.63) is 28.0 Å². The smallest absolute Gasteiger partial charge is 0.126 e. The number of benzene rings is 1. The molecule has 2 nitrogen and oxygen atoms in total. The summed E-state index contributed by atoms with van der Waals surface area (Å²) in [6, 6.07) is 3.07. The Morgan fingerprint density at radius 3 is 2.58 bits per heavy atom. The van der Waals surface area contributed by atoms with Gasteiger partial charge in [0.15, 0.2) is 0 Å². The van der Waals surface area contributed by atoms with E-state index in [1.807, 2.05) is 0 Å².